The standard InChI is InChI=1S/C13H23N3/c1-13(2,3)14-9-11-8-12(16-15-11)10-6-4-5-7-10/h8,10,14H,4-7,9H2,1-3H3,(H,15,16). The summed E-state index contributed by atoms with van der Waals surface area (Å²) in [6.07, 6.45) is 5.37. The number of nitrogens with one attached hydrogen (secondary N) is 2. The molecule has 0 unspecified atom stereocenters. The molecule has 0 aliphatic heterocycles. The molecule has 1 fully saturated rings. The van der Waals surface area contributed by atoms with Crippen molar-refractivity contribution in [3.05, 3.63) is 17.5 Å². The molecular weight excluding hydrogens is 198 g/mol. The predicted molar refractivity (Wildman–Crippen MR) is 66.4 cm³/mol. The Morgan fingerprint density at radius 2 is 2.06 bits per heavy atom. The molecule has 1 aliphatic carbocycles. The molecular formula is C13H23N3. The second kappa shape index (κ2) is 4.58. The fraction of sp³-hybridized carbons (Fsp3) is 0.769. The van der Waals surface area contributed by atoms with E-state index in [1.165, 1.54) is 37.1 Å². The third-order valence-electron chi connectivity index (χ3n) is 3.23. The van der Waals surface area contributed by atoms with Gasteiger partial charge in [0.25, 0.3) is 0 Å². The lowest BCUT2D eigenvalue weighted by Crippen LogP contribution is -2.35. The molecule has 1 aliphatic rings. The molecule has 90 valence electrons. The molecule has 2 rings (SSSR count). The Morgan fingerprint density at radius 1 is 1.38 bits per heavy atom. The molecule has 1 heterocycles. The van der Waals surface area contributed by atoms with E-state index in [0.717, 1.165) is 6.54 Å². The predicted octanol–water partition coefficient (Wildman–Crippen LogP) is 2.96. The maximum atomic E-state index is 4.43. The summed E-state index contributed by atoms with van der Waals surface area (Å²) in [6, 6.07) is 2.23. The molecule has 0 amide bonds. The van der Waals surface area contributed by atoms with Crippen molar-refractivity contribution >= 4 is 0 Å². The van der Waals surface area contributed by atoms with Crippen LogP contribution in [0.4, 0.5) is 0 Å². The Hall–Kier alpha value is -0.830. The van der Waals surface area contributed by atoms with Crippen LogP contribution < -0.4 is 5.32 Å². The van der Waals surface area contributed by atoms with E-state index in [-0.39, 0.29) is 5.54 Å². The Labute approximate surface area is 98.0 Å². The molecule has 1 aromatic rings. The molecule has 2 N–H and O–H groups in total. The maximum Gasteiger partial charge on any atom is 0.0656 e. The Morgan fingerprint density at radius 3 is 2.69 bits per heavy atom. The lowest BCUT2D eigenvalue weighted by atomic mass is 10.0. The van der Waals surface area contributed by atoms with Crippen LogP contribution in [0.3, 0.4) is 0 Å². The molecule has 0 saturated heterocycles. The highest BCUT2D eigenvalue weighted by Crippen LogP contribution is 2.33. The number of H-pyrrole nitrogens is 1. The summed E-state index contributed by atoms with van der Waals surface area (Å²) in [6.45, 7) is 7.42. The lowest BCUT2D eigenvalue weighted by molar-refractivity contribution is 0.421. The van der Waals surface area contributed by atoms with Crippen molar-refractivity contribution in [2.45, 2.75) is 64.5 Å². The third-order valence-corrected chi connectivity index (χ3v) is 3.23. The van der Waals surface area contributed by atoms with Crippen LogP contribution in [-0.2, 0) is 6.54 Å². The minimum absolute atomic E-state index is 0.165. The molecule has 0 aromatic carbocycles. The minimum atomic E-state index is 0.165. The Kier molecular flexibility index (Phi) is 3.33. The van der Waals surface area contributed by atoms with Crippen molar-refractivity contribution in [1.29, 1.82) is 0 Å². The van der Waals surface area contributed by atoms with Gasteiger partial charge in [0.2, 0.25) is 0 Å². The summed E-state index contributed by atoms with van der Waals surface area (Å²) in [5, 5.41) is 11.0. The maximum absolute atomic E-state index is 4.43. The Balaban J connectivity index is 1.91. The lowest BCUT2D eigenvalue weighted by Gasteiger charge is -2.19. The molecule has 0 atom stereocenters. The van der Waals surface area contributed by atoms with Gasteiger partial charge in [-0.3, -0.25) is 5.10 Å². The minimum Gasteiger partial charge on any atom is -0.306 e. The van der Waals surface area contributed by atoms with E-state index >= 15 is 0 Å². The van der Waals surface area contributed by atoms with E-state index in [1.807, 2.05) is 0 Å². The molecule has 1 saturated carbocycles. The first-order valence-electron chi connectivity index (χ1n) is 6.34. The van der Waals surface area contributed by atoms with Gasteiger partial charge in [0.15, 0.2) is 0 Å². The zero-order valence-corrected chi connectivity index (χ0v) is 10.6. The second-order valence-electron chi connectivity index (χ2n) is 5.90. The summed E-state index contributed by atoms with van der Waals surface area (Å²) >= 11 is 0. The zero-order valence-electron chi connectivity index (χ0n) is 10.6. The third kappa shape index (κ3) is 3.08. The van der Waals surface area contributed by atoms with Crippen LogP contribution in [0.5, 0.6) is 0 Å². The van der Waals surface area contributed by atoms with Crippen molar-refractivity contribution in [3.63, 3.8) is 0 Å². The highest BCUT2D eigenvalue weighted by molar-refractivity contribution is 5.14. The smallest absolute Gasteiger partial charge is 0.0656 e. The van der Waals surface area contributed by atoms with E-state index in [1.54, 1.807) is 0 Å². The van der Waals surface area contributed by atoms with E-state index in [0.29, 0.717) is 5.92 Å². The van der Waals surface area contributed by atoms with Gasteiger partial charge in [0, 0.05) is 23.7 Å². The summed E-state index contributed by atoms with van der Waals surface area (Å²) in [7, 11) is 0. The van der Waals surface area contributed by atoms with Crippen molar-refractivity contribution in [3.8, 4) is 0 Å². The zero-order chi connectivity index (χ0) is 11.6. The van der Waals surface area contributed by atoms with Gasteiger partial charge in [0.05, 0.1) is 5.69 Å². The number of aromatic nitrogens is 2. The number of hydrogen-bond donors (Lipinski definition) is 2. The van der Waals surface area contributed by atoms with Gasteiger partial charge in [-0.25, -0.2) is 0 Å². The molecule has 0 spiro atoms. The molecule has 0 bridgehead atoms. The van der Waals surface area contributed by atoms with E-state index in [4.69, 9.17) is 0 Å². The topological polar surface area (TPSA) is 40.7 Å². The van der Waals surface area contributed by atoms with Gasteiger partial charge in [-0.05, 0) is 39.7 Å². The fourth-order valence-corrected chi connectivity index (χ4v) is 2.26. The molecule has 16 heavy (non-hydrogen) atoms. The van der Waals surface area contributed by atoms with Gasteiger partial charge in [-0.1, -0.05) is 12.8 Å². The highest BCUT2D eigenvalue weighted by atomic mass is 15.1. The number of nitrogens with zero attached hydrogens (tertiary/aromatic N) is 1. The van der Waals surface area contributed by atoms with Gasteiger partial charge in [0.1, 0.15) is 0 Å². The van der Waals surface area contributed by atoms with E-state index < -0.39 is 0 Å². The van der Waals surface area contributed by atoms with Crippen molar-refractivity contribution in [2.75, 3.05) is 0 Å². The summed E-state index contributed by atoms with van der Waals surface area (Å²) in [5.41, 5.74) is 2.64. The van der Waals surface area contributed by atoms with Crippen LogP contribution in [0.15, 0.2) is 6.07 Å². The van der Waals surface area contributed by atoms with Gasteiger partial charge in [-0.15, -0.1) is 0 Å². The summed E-state index contributed by atoms with van der Waals surface area (Å²) in [4.78, 5) is 0. The SMILES string of the molecule is CC(C)(C)NCc1cc(C2CCCC2)n[nH]1. The first kappa shape index (κ1) is 11.6. The monoisotopic (exact) mass is 221 g/mol. The first-order valence-corrected chi connectivity index (χ1v) is 6.34. The van der Waals surface area contributed by atoms with Crippen molar-refractivity contribution < 1.29 is 0 Å². The summed E-state index contributed by atoms with van der Waals surface area (Å²) in [5.74, 6) is 0.708. The van der Waals surface area contributed by atoms with E-state index in [9.17, 15) is 0 Å². The molecule has 1 aromatic heterocycles. The average Bonchev–Trinajstić information content (AvgIpc) is 2.84. The molecule has 0 radical (unpaired) electrons. The van der Waals surface area contributed by atoms with Gasteiger partial charge >= 0.3 is 0 Å². The number of hydrogen-bond acceptors (Lipinski definition) is 2. The van der Waals surface area contributed by atoms with Crippen molar-refractivity contribution in [1.82, 2.24) is 15.5 Å². The van der Waals surface area contributed by atoms with Gasteiger partial charge in [-0.2, -0.15) is 5.10 Å². The van der Waals surface area contributed by atoms with Crippen LogP contribution >= 0.6 is 0 Å². The highest BCUT2D eigenvalue weighted by Gasteiger charge is 2.19. The Bertz CT molecular complexity index is 329. The van der Waals surface area contributed by atoms with Crippen LogP contribution in [0.2, 0.25) is 0 Å². The second-order valence-corrected chi connectivity index (χ2v) is 5.90. The van der Waals surface area contributed by atoms with Crippen LogP contribution in [0.25, 0.3) is 0 Å². The van der Waals surface area contributed by atoms with Crippen LogP contribution in [0.1, 0.15) is 63.8 Å². The van der Waals surface area contributed by atoms with Crippen LogP contribution in [0, 0.1) is 0 Å². The first-order chi connectivity index (χ1) is 7.54. The fourth-order valence-electron chi connectivity index (χ4n) is 2.26. The van der Waals surface area contributed by atoms with Gasteiger partial charge < -0.3 is 5.32 Å². The summed E-state index contributed by atoms with van der Waals surface area (Å²) < 4.78 is 0. The normalized spacial score (nSPS) is 18.2. The molecule has 3 nitrogen and oxygen atoms in total. The average molecular weight is 221 g/mol. The largest absolute Gasteiger partial charge is 0.306 e. The van der Waals surface area contributed by atoms with Crippen molar-refractivity contribution in [2.24, 2.45) is 0 Å². The quantitative estimate of drug-likeness (QED) is 0.824. The van der Waals surface area contributed by atoms with Crippen LogP contribution in [-0.4, -0.2) is 15.7 Å². The number of aromatic amines is 1. The number of rotatable bonds is 3. The van der Waals surface area contributed by atoms with E-state index in [2.05, 4.69) is 42.4 Å². The molecule has 3 heteroatoms.